The monoisotopic (exact) mass is 291 g/mol. The Balaban J connectivity index is 1.88. The van der Waals surface area contributed by atoms with E-state index in [-0.39, 0.29) is 11.8 Å². The second-order valence-electron chi connectivity index (χ2n) is 3.80. The van der Waals surface area contributed by atoms with Crippen LogP contribution in [-0.4, -0.2) is 40.1 Å². The van der Waals surface area contributed by atoms with E-state index in [4.69, 9.17) is 10.8 Å². The third-order valence-corrected chi connectivity index (χ3v) is 3.49. The second kappa shape index (κ2) is 4.81. The van der Waals surface area contributed by atoms with Gasteiger partial charge in [0.25, 0.3) is 0 Å². The number of fused-ring (bicyclic) bond motifs is 1. The first-order valence-electron chi connectivity index (χ1n) is 5.46. The molecule has 0 amide bonds. The van der Waals surface area contributed by atoms with E-state index in [9.17, 15) is 5.11 Å². The number of anilines is 1. The molecule has 0 bridgehead atoms. The molecule has 0 aliphatic rings. The molecule has 0 aliphatic carbocycles. The number of hydrogen-bond acceptors (Lipinski definition) is 9. The van der Waals surface area contributed by atoms with E-state index in [1.807, 2.05) is 0 Å². The number of aromatic amines is 1. The topological polar surface area (TPSA) is 147 Å². The van der Waals surface area contributed by atoms with Gasteiger partial charge in [-0.05, 0) is 0 Å². The zero-order chi connectivity index (χ0) is 14.1. The molecule has 0 spiro atoms. The van der Waals surface area contributed by atoms with Crippen LogP contribution in [0.1, 0.15) is 5.56 Å². The molecule has 3 aromatic rings. The number of nitrogens with one attached hydrogen (secondary N) is 1. The summed E-state index contributed by atoms with van der Waals surface area (Å²) in [5.74, 6) is 0.211. The molecule has 0 aromatic carbocycles. The number of thioether (sulfide) groups is 1. The van der Waals surface area contributed by atoms with E-state index in [1.165, 1.54) is 24.3 Å². The summed E-state index contributed by atoms with van der Waals surface area (Å²) in [6.07, 6.45) is 2.85. The summed E-state index contributed by atoms with van der Waals surface area (Å²) in [5.41, 5.74) is 7.22. The van der Waals surface area contributed by atoms with Gasteiger partial charge in [0.15, 0.2) is 5.65 Å². The van der Waals surface area contributed by atoms with Crippen LogP contribution in [0.4, 0.5) is 5.95 Å². The average Bonchev–Trinajstić information content (AvgIpc) is 2.85. The summed E-state index contributed by atoms with van der Waals surface area (Å²) in [6, 6.07) is -0.474. The molecule has 20 heavy (non-hydrogen) atoms. The molecule has 3 aromatic heterocycles. The Morgan fingerprint density at radius 1 is 1.20 bits per heavy atom. The van der Waals surface area contributed by atoms with Crippen LogP contribution in [0.5, 0.6) is 11.9 Å². The molecule has 0 aliphatic heterocycles. The lowest BCUT2D eigenvalue weighted by molar-refractivity contribution is 0.394. The van der Waals surface area contributed by atoms with Gasteiger partial charge in [-0.1, -0.05) is 11.8 Å². The summed E-state index contributed by atoms with van der Waals surface area (Å²) in [5, 5.41) is 19.2. The van der Waals surface area contributed by atoms with E-state index >= 15 is 0 Å². The minimum atomic E-state index is -0.474. The number of aromatic nitrogens is 6. The number of nitrogen functional groups attached to an aromatic ring is 1. The van der Waals surface area contributed by atoms with Crippen molar-refractivity contribution >= 4 is 28.9 Å². The van der Waals surface area contributed by atoms with Gasteiger partial charge >= 0.3 is 6.01 Å². The number of H-pyrrole nitrogens is 1. The number of imidazole rings is 1. The molecule has 9 nitrogen and oxygen atoms in total. The molecule has 0 saturated carbocycles. The van der Waals surface area contributed by atoms with Crippen molar-refractivity contribution in [3.63, 3.8) is 0 Å². The highest BCUT2D eigenvalue weighted by Gasteiger charge is 2.11. The smallest absolute Gasteiger partial charge is 0.317 e. The van der Waals surface area contributed by atoms with Crippen LogP contribution in [0, 0.1) is 0 Å². The summed E-state index contributed by atoms with van der Waals surface area (Å²) in [4.78, 5) is 22.1. The van der Waals surface area contributed by atoms with Crippen molar-refractivity contribution in [2.75, 3.05) is 5.73 Å². The zero-order valence-electron chi connectivity index (χ0n) is 9.98. The quantitative estimate of drug-likeness (QED) is 0.398. The van der Waals surface area contributed by atoms with Gasteiger partial charge in [0, 0.05) is 17.5 Å². The van der Waals surface area contributed by atoms with E-state index in [0.717, 1.165) is 0 Å². The second-order valence-corrected chi connectivity index (χ2v) is 4.76. The Bertz CT molecular complexity index is 775. The van der Waals surface area contributed by atoms with E-state index < -0.39 is 6.01 Å². The first kappa shape index (κ1) is 12.4. The van der Waals surface area contributed by atoms with Crippen LogP contribution >= 0.6 is 11.8 Å². The fourth-order valence-electron chi connectivity index (χ4n) is 1.56. The SMILES string of the molecule is Nc1nc(SCc2cnc(O)nc2O)c2[nH]cnc2n1. The molecule has 0 atom stereocenters. The fourth-order valence-corrected chi connectivity index (χ4v) is 2.51. The lowest BCUT2D eigenvalue weighted by Crippen LogP contribution is -1.97. The van der Waals surface area contributed by atoms with Gasteiger partial charge < -0.3 is 20.9 Å². The average molecular weight is 291 g/mol. The van der Waals surface area contributed by atoms with Gasteiger partial charge in [0.1, 0.15) is 10.5 Å². The van der Waals surface area contributed by atoms with Crippen molar-refractivity contribution in [2.24, 2.45) is 0 Å². The molecule has 0 saturated heterocycles. The highest BCUT2D eigenvalue weighted by molar-refractivity contribution is 7.98. The van der Waals surface area contributed by atoms with Crippen molar-refractivity contribution in [2.45, 2.75) is 10.8 Å². The van der Waals surface area contributed by atoms with Crippen molar-refractivity contribution < 1.29 is 10.2 Å². The minimum Gasteiger partial charge on any atom is -0.493 e. The molecular formula is C10H9N7O2S. The van der Waals surface area contributed by atoms with Crippen LogP contribution in [0.15, 0.2) is 17.6 Å². The maximum Gasteiger partial charge on any atom is 0.317 e. The van der Waals surface area contributed by atoms with Crippen molar-refractivity contribution in [3.8, 4) is 11.9 Å². The number of nitrogens with zero attached hydrogens (tertiary/aromatic N) is 5. The fraction of sp³-hybridized carbons (Fsp3) is 0.100. The maximum absolute atomic E-state index is 9.60. The minimum absolute atomic E-state index is 0.123. The van der Waals surface area contributed by atoms with Gasteiger partial charge in [-0.15, -0.1) is 0 Å². The van der Waals surface area contributed by atoms with Gasteiger partial charge in [-0.3, -0.25) is 0 Å². The predicted molar refractivity (Wildman–Crippen MR) is 71.0 cm³/mol. The summed E-state index contributed by atoms with van der Waals surface area (Å²) in [6.45, 7) is 0. The van der Waals surface area contributed by atoms with Crippen LogP contribution < -0.4 is 5.73 Å². The van der Waals surface area contributed by atoms with E-state index in [1.54, 1.807) is 0 Å². The third kappa shape index (κ3) is 2.28. The Kier molecular flexibility index (Phi) is 2.99. The van der Waals surface area contributed by atoms with Crippen molar-refractivity contribution in [1.29, 1.82) is 0 Å². The van der Waals surface area contributed by atoms with Gasteiger partial charge in [0.05, 0.1) is 6.33 Å². The Labute approximate surface area is 116 Å². The van der Waals surface area contributed by atoms with Crippen LogP contribution in [0.2, 0.25) is 0 Å². The number of aromatic hydroxyl groups is 2. The summed E-state index contributed by atoms with van der Waals surface area (Å²) >= 11 is 1.32. The van der Waals surface area contributed by atoms with Crippen LogP contribution in [0.3, 0.4) is 0 Å². The normalized spacial score (nSPS) is 11.0. The lowest BCUT2D eigenvalue weighted by Gasteiger charge is -2.04. The van der Waals surface area contributed by atoms with E-state index in [2.05, 4.69) is 29.9 Å². The predicted octanol–water partition coefficient (Wildman–Crippen LogP) is 0.429. The zero-order valence-corrected chi connectivity index (χ0v) is 10.8. The first-order valence-corrected chi connectivity index (χ1v) is 6.45. The number of nitrogens with two attached hydrogens (primary N) is 1. The molecule has 10 heteroatoms. The Morgan fingerprint density at radius 3 is 2.85 bits per heavy atom. The maximum atomic E-state index is 9.60. The largest absolute Gasteiger partial charge is 0.493 e. The van der Waals surface area contributed by atoms with Crippen LogP contribution in [-0.2, 0) is 5.75 Å². The van der Waals surface area contributed by atoms with E-state index in [0.29, 0.717) is 27.5 Å². The molecule has 0 fully saturated rings. The number of rotatable bonds is 3. The highest BCUT2D eigenvalue weighted by atomic mass is 32.2. The molecular weight excluding hydrogens is 282 g/mol. The summed E-state index contributed by atoms with van der Waals surface area (Å²) < 4.78 is 0. The van der Waals surface area contributed by atoms with Gasteiger partial charge in [-0.2, -0.15) is 9.97 Å². The molecule has 102 valence electrons. The van der Waals surface area contributed by atoms with Crippen molar-refractivity contribution in [3.05, 3.63) is 18.1 Å². The Morgan fingerprint density at radius 2 is 2.05 bits per heavy atom. The van der Waals surface area contributed by atoms with Crippen molar-refractivity contribution in [1.82, 2.24) is 29.9 Å². The summed E-state index contributed by atoms with van der Waals surface area (Å²) in [7, 11) is 0. The lowest BCUT2D eigenvalue weighted by atomic mass is 10.4. The molecule has 3 heterocycles. The first-order chi connectivity index (χ1) is 9.63. The Hall–Kier alpha value is -2.62. The number of hydrogen-bond donors (Lipinski definition) is 4. The molecule has 0 unspecified atom stereocenters. The molecule has 3 rings (SSSR count). The molecule has 0 radical (unpaired) electrons. The standard InChI is InChI=1S/C10H9N7O2S/c11-9-15-6-5(13-3-14-6)8(17-9)20-2-4-1-12-10(19)16-7(4)18/h1,3H,2H2,(H2,12,16,18,19)(H3,11,13,14,15,17). The molecule has 5 N–H and O–H groups in total. The van der Waals surface area contributed by atoms with Crippen LogP contribution in [0.25, 0.3) is 11.2 Å². The highest BCUT2D eigenvalue weighted by Crippen LogP contribution is 2.29. The third-order valence-electron chi connectivity index (χ3n) is 2.46. The van der Waals surface area contributed by atoms with Gasteiger partial charge in [-0.25, -0.2) is 15.0 Å². The van der Waals surface area contributed by atoms with Gasteiger partial charge in [0.2, 0.25) is 11.8 Å².